The molecule has 0 aliphatic carbocycles. The Morgan fingerprint density at radius 3 is 2.94 bits per heavy atom. The molecule has 3 rings (SSSR count). The van der Waals surface area contributed by atoms with Gasteiger partial charge in [-0.05, 0) is 18.6 Å². The Hall–Kier alpha value is -2.30. The van der Waals surface area contributed by atoms with Crippen LogP contribution < -0.4 is 15.8 Å². The minimum absolute atomic E-state index is 0.282. The Bertz CT molecular complexity index is 598. The molecule has 0 amide bonds. The third kappa shape index (κ3) is 1.64. The van der Waals surface area contributed by atoms with Crippen molar-refractivity contribution in [3.63, 3.8) is 0 Å². The van der Waals surface area contributed by atoms with Crippen LogP contribution in [0.15, 0.2) is 24.3 Å². The average molecular weight is 242 g/mol. The van der Waals surface area contributed by atoms with Crippen molar-refractivity contribution < 1.29 is 4.74 Å². The summed E-state index contributed by atoms with van der Waals surface area (Å²) < 4.78 is 5.38. The van der Waals surface area contributed by atoms with E-state index in [0.717, 1.165) is 41.4 Å². The minimum Gasteiger partial charge on any atom is -0.496 e. The lowest BCUT2D eigenvalue weighted by Gasteiger charge is -2.11. The molecule has 5 heteroatoms. The predicted octanol–water partition coefficient (Wildman–Crippen LogP) is 1.70. The molecule has 2 aromatic rings. The lowest BCUT2D eigenvalue weighted by atomic mass is 10.0. The number of nitrogens with two attached hydrogens (primary N) is 1. The van der Waals surface area contributed by atoms with Crippen LogP contribution in [0.1, 0.15) is 5.56 Å². The molecule has 5 nitrogen and oxygen atoms in total. The molecule has 0 radical (unpaired) electrons. The first-order valence-electron chi connectivity index (χ1n) is 5.83. The lowest BCUT2D eigenvalue weighted by molar-refractivity contribution is 0.416. The number of fused-ring (bicyclic) bond motifs is 1. The largest absolute Gasteiger partial charge is 0.496 e. The van der Waals surface area contributed by atoms with Gasteiger partial charge in [-0.1, -0.05) is 12.1 Å². The van der Waals surface area contributed by atoms with Gasteiger partial charge in [0.2, 0.25) is 5.95 Å². The van der Waals surface area contributed by atoms with Crippen molar-refractivity contribution >= 4 is 11.8 Å². The molecule has 0 unspecified atom stereocenters. The smallest absolute Gasteiger partial charge is 0.222 e. The van der Waals surface area contributed by atoms with Gasteiger partial charge in [0.1, 0.15) is 11.6 Å². The van der Waals surface area contributed by atoms with Gasteiger partial charge in [0.15, 0.2) is 0 Å². The molecule has 1 aromatic carbocycles. The molecule has 0 saturated heterocycles. The van der Waals surface area contributed by atoms with Crippen molar-refractivity contribution in [1.82, 2.24) is 9.97 Å². The fourth-order valence-electron chi connectivity index (χ4n) is 2.25. The van der Waals surface area contributed by atoms with Crippen molar-refractivity contribution in [2.75, 3.05) is 24.7 Å². The quantitative estimate of drug-likeness (QED) is 0.838. The van der Waals surface area contributed by atoms with Gasteiger partial charge >= 0.3 is 0 Å². The first-order valence-corrected chi connectivity index (χ1v) is 5.83. The van der Waals surface area contributed by atoms with Crippen molar-refractivity contribution in [3.8, 4) is 17.0 Å². The third-order valence-electron chi connectivity index (χ3n) is 3.05. The first-order chi connectivity index (χ1) is 8.79. The molecular weight excluding hydrogens is 228 g/mol. The maximum atomic E-state index is 5.76. The summed E-state index contributed by atoms with van der Waals surface area (Å²) in [6.45, 7) is 0.871. The zero-order chi connectivity index (χ0) is 12.5. The third-order valence-corrected chi connectivity index (χ3v) is 3.05. The number of aromatic nitrogens is 2. The van der Waals surface area contributed by atoms with Crippen molar-refractivity contribution in [2.45, 2.75) is 6.42 Å². The number of rotatable bonds is 2. The summed E-state index contributed by atoms with van der Waals surface area (Å²) in [6.07, 6.45) is 0.906. The van der Waals surface area contributed by atoms with Crippen LogP contribution in [-0.2, 0) is 6.42 Å². The lowest BCUT2D eigenvalue weighted by Crippen LogP contribution is -2.02. The van der Waals surface area contributed by atoms with Crippen LogP contribution in [-0.4, -0.2) is 23.6 Å². The molecule has 18 heavy (non-hydrogen) atoms. The average Bonchev–Trinajstić information content (AvgIpc) is 2.85. The highest BCUT2D eigenvalue weighted by Crippen LogP contribution is 2.35. The van der Waals surface area contributed by atoms with Gasteiger partial charge in [-0.2, -0.15) is 4.98 Å². The number of anilines is 2. The molecule has 0 fully saturated rings. The van der Waals surface area contributed by atoms with Gasteiger partial charge in [-0.3, -0.25) is 0 Å². The van der Waals surface area contributed by atoms with Crippen molar-refractivity contribution in [3.05, 3.63) is 29.8 Å². The van der Waals surface area contributed by atoms with Crippen molar-refractivity contribution in [2.24, 2.45) is 0 Å². The van der Waals surface area contributed by atoms with E-state index < -0.39 is 0 Å². The molecule has 1 aliphatic heterocycles. The number of ether oxygens (including phenoxy) is 1. The van der Waals surface area contributed by atoms with Crippen LogP contribution >= 0.6 is 0 Å². The maximum absolute atomic E-state index is 5.76. The van der Waals surface area contributed by atoms with Crippen molar-refractivity contribution in [1.29, 1.82) is 0 Å². The van der Waals surface area contributed by atoms with E-state index in [0.29, 0.717) is 0 Å². The molecule has 0 spiro atoms. The van der Waals surface area contributed by atoms with Gasteiger partial charge in [-0.15, -0.1) is 0 Å². The van der Waals surface area contributed by atoms with E-state index in [1.165, 1.54) is 0 Å². The molecule has 0 bridgehead atoms. The second kappa shape index (κ2) is 4.18. The number of nitrogen functional groups attached to an aromatic ring is 1. The zero-order valence-corrected chi connectivity index (χ0v) is 10.1. The second-order valence-corrected chi connectivity index (χ2v) is 4.13. The van der Waals surface area contributed by atoms with Crippen LogP contribution in [0, 0.1) is 0 Å². The van der Waals surface area contributed by atoms with E-state index in [1.807, 2.05) is 24.3 Å². The van der Waals surface area contributed by atoms with Gasteiger partial charge in [0, 0.05) is 17.7 Å². The normalized spacial score (nSPS) is 12.9. The minimum atomic E-state index is 0.282. The number of para-hydroxylation sites is 1. The molecule has 2 heterocycles. The van der Waals surface area contributed by atoms with E-state index in [9.17, 15) is 0 Å². The van der Waals surface area contributed by atoms with E-state index >= 15 is 0 Å². The monoisotopic (exact) mass is 242 g/mol. The van der Waals surface area contributed by atoms with Crippen LogP contribution in [0.4, 0.5) is 11.8 Å². The van der Waals surface area contributed by atoms with Crippen LogP contribution in [0.5, 0.6) is 5.75 Å². The summed E-state index contributed by atoms with van der Waals surface area (Å²) in [4.78, 5) is 8.58. The second-order valence-electron chi connectivity index (χ2n) is 4.13. The molecule has 3 N–H and O–H groups in total. The van der Waals surface area contributed by atoms with E-state index in [2.05, 4.69) is 15.3 Å². The van der Waals surface area contributed by atoms with Crippen LogP contribution in [0.25, 0.3) is 11.3 Å². The molecule has 1 aromatic heterocycles. The Morgan fingerprint density at radius 2 is 2.11 bits per heavy atom. The number of nitrogens with zero attached hydrogens (tertiary/aromatic N) is 2. The standard InChI is InChI=1S/C13H14N4O/c1-18-10-5-3-2-4-8(10)11-9-6-7-15-12(9)17-13(14)16-11/h2-5H,6-7H2,1H3,(H3,14,15,16,17). The number of hydrogen-bond donors (Lipinski definition) is 2. The number of methoxy groups -OCH3 is 1. The van der Waals surface area contributed by atoms with Gasteiger partial charge in [0.25, 0.3) is 0 Å². The molecule has 0 saturated carbocycles. The number of hydrogen-bond acceptors (Lipinski definition) is 5. The highest BCUT2D eigenvalue weighted by Gasteiger charge is 2.21. The fraction of sp³-hybridized carbons (Fsp3) is 0.231. The Balaban J connectivity index is 2.23. The Labute approximate surface area is 105 Å². The summed E-state index contributed by atoms with van der Waals surface area (Å²) in [6, 6.07) is 7.80. The molecular formula is C13H14N4O. The van der Waals surface area contributed by atoms with E-state index in [4.69, 9.17) is 10.5 Å². The Morgan fingerprint density at radius 1 is 1.28 bits per heavy atom. The predicted molar refractivity (Wildman–Crippen MR) is 70.6 cm³/mol. The highest BCUT2D eigenvalue weighted by atomic mass is 16.5. The number of nitrogens with one attached hydrogen (secondary N) is 1. The Kier molecular flexibility index (Phi) is 2.51. The summed E-state index contributed by atoms with van der Waals surface area (Å²) in [7, 11) is 1.65. The molecule has 92 valence electrons. The van der Waals surface area contributed by atoms with Crippen LogP contribution in [0.3, 0.4) is 0 Å². The highest BCUT2D eigenvalue weighted by molar-refractivity contribution is 5.75. The summed E-state index contributed by atoms with van der Waals surface area (Å²) in [5, 5.41) is 3.22. The van der Waals surface area contributed by atoms with Crippen LogP contribution in [0.2, 0.25) is 0 Å². The topological polar surface area (TPSA) is 73.1 Å². The molecule has 1 aliphatic rings. The summed E-state index contributed by atoms with van der Waals surface area (Å²) in [5.74, 6) is 1.91. The number of benzene rings is 1. The first kappa shape index (κ1) is 10.8. The fourth-order valence-corrected chi connectivity index (χ4v) is 2.25. The molecule has 0 atom stereocenters. The maximum Gasteiger partial charge on any atom is 0.222 e. The van der Waals surface area contributed by atoms with E-state index in [1.54, 1.807) is 7.11 Å². The van der Waals surface area contributed by atoms with Gasteiger partial charge in [-0.25, -0.2) is 4.98 Å². The summed E-state index contributed by atoms with van der Waals surface area (Å²) in [5.41, 5.74) is 8.68. The van der Waals surface area contributed by atoms with Gasteiger partial charge in [0.05, 0.1) is 12.8 Å². The van der Waals surface area contributed by atoms with E-state index in [-0.39, 0.29) is 5.95 Å². The summed E-state index contributed by atoms with van der Waals surface area (Å²) >= 11 is 0. The SMILES string of the molecule is COc1ccccc1-c1nc(N)nc2c1CCN2. The zero-order valence-electron chi connectivity index (χ0n) is 10.1. The van der Waals surface area contributed by atoms with Gasteiger partial charge < -0.3 is 15.8 Å².